The van der Waals surface area contributed by atoms with Crippen molar-refractivity contribution in [2.45, 2.75) is 6.42 Å². The maximum Gasteiger partial charge on any atom is 0.318 e. The third-order valence-electron chi connectivity index (χ3n) is 3.57. The molecule has 2 aromatic rings. The van der Waals surface area contributed by atoms with Crippen LogP contribution in [-0.4, -0.2) is 42.8 Å². The highest BCUT2D eigenvalue weighted by atomic mass is 35.5. The number of benzene rings is 1. The van der Waals surface area contributed by atoms with E-state index in [-0.39, 0.29) is 0 Å². The monoisotopic (exact) mass is 318 g/mol. The molecule has 1 aliphatic rings. The van der Waals surface area contributed by atoms with Gasteiger partial charge in [0, 0.05) is 43.8 Å². The third kappa shape index (κ3) is 4.08. The highest BCUT2D eigenvalue weighted by molar-refractivity contribution is 6.30. The molecule has 22 heavy (non-hydrogen) atoms. The Kier molecular flexibility index (Phi) is 5.08. The minimum Gasteiger partial charge on any atom is -0.463 e. The van der Waals surface area contributed by atoms with Gasteiger partial charge in [0.1, 0.15) is 5.82 Å². The van der Waals surface area contributed by atoms with E-state index in [9.17, 15) is 0 Å². The molecule has 1 fully saturated rings. The van der Waals surface area contributed by atoms with Gasteiger partial charge in [-0.2, -0.15) is 4.98 Å². The lowest BCUT2D eigenvalue weighted by molar-refractivity contribution is 0.296. The van der Waals surface area contributed by atoms with Gasteiger partial charge < -0.3 is 15.0 Å². The molecule has 3 rings (SSSR count). The minimum atomic E-state index is 0.429. The summed E-state index contributed by atoms with van der Waals surface area (Å²) in [6.45, 7) is 4.41. The number of hydrogen-bond donors (Lipinski definition) is 1. The summed E-state index contributed by atoms with van der Waals surface area (Å²) >= 11 is 5.97. The fourth-order valence-electron chi connectivity index (χ4n) is 2.42. The zero-order valence-electron chi connectivity index (χ0n) is 12.3. The molecule has 116 valence electrons. The van der Waals surface area contributed by atoms with Gasteiger partial charge in [0.15, 0.2) is 0 Å². The van der Waals surface area contributed by atoms with E-state index in [0.29, 0.717) is 12.6 Å². The predicted molar refractivity (Wildman–Crippen MR) is 87.8 cm³/mol. The summed E-state index contributed by atoms with van der Waals surface area (Å²) in [5, 5.41) is 4.07. The van der Waals surface area contributed by atoms with Gasteiger partial charge in [-0.05, 0) is 23.8 Å². The molecule has 6 heteroatoms. The topological polar surface area (TPSA) is 50.3 Å². The number of halogens is 1. The molecular weight excluding hydrogens is 300 g/mol. The lowest BCUT2D eigenvalue weighted by atomic mass is 10.2. The van der Waals surface area contributed by atoms with E-state index in [2.05, 4.69) is 20.2 Å². The van der Waals surface area contributed by atoms with Crippen molar-refractivity contribution in [2.24, 2.45) is 0 Å². The van der Waals surface area contributed by atoms with Crippen LogP contribution >= 0.6 is 11.6 Å². The van der Waals surface area contributed by atoms with Crippen LogP contribution < -0.4 is 15.0 Å². The first-order chi connectivity index (χ1) is 10.8. The lowest BCUT2D eigenvalue weighted by Gasteiger charge is -2.28. The molecule has 0 radical (unpaired) electrons. The molecule has 1 saturated heterocycles. The number of aromatic nitrogens is 2. The smallest absolute Gasteiger partial charge is 0.318 e. The van der Waals surface area contributed by atoms with Gasteiger partial charge in [0.2, 0.25) is 0 Å². The highest BCUT2D eigenvalue weighted by Gasteiger charge is 2.12. The number of nitrogens with one attached hydrogen (secondary N) is 1. The van der Waals surface area contributed by atoms with Crippen LogP contribution in [0.25, 0.3) is 0 Å². The summed E-state index contributed by atoms with van der Waals surface area (Å²) in [6, 6.07) is 10.1. The Morgan fingerprint density at radius 3 is 2.91 bits per heavy atom. The number of anilines is 1. The number of rotatable bonds is 5. The standard InChI is InChI=1S/C16H19ClN4O/c17-14-3-1-2-13(12-14)5-11-22-16-19-6-4-15(20-16)21-9-7-18-8-10-21/h1-4,6,12,18H,5,7-11H2. The fraction of sp³-hybridized carbons (Fsp3) is 0.375. The number of nitrogens with zero attached hydrogens (tertiary/aromatic N) is 3. The van der Waals surface area contributed by atoms with Crippen molar-refractivity contribution in [2.75, 3.05) is 37.7 Å². The quantitative estimate of drug-likeness (QED) is 0.915. The van der Waals surface area contributed by atoms with Crippen molar-refractivity contribution in [1.29, 1.82) is 0 Å². The van der Waals surface area contributed by atoms with Gasteiger partial charge in [0.05, 0.1) is 6.61 Å². The first kappa shape index (κ1) is 15.1. The molecule has 1 aromatic heterocycles. The second kappa shape index (κ2) is 7.42. The van der Waals surface area contributed by atoms with Crippen molar-refractivity contribution < 1.29 is 4.74 Å². The summed E-state index contributed by atoms with van der Waals surface area (Å²) in [5.41, 5.74) is 1.14. The van der Waals surface area contributed by atoms with Gasteiger partial charge in [-0.3, -0.25) is 0 Å². The molecule has 0 aliphatic carbocycles. The summed E-state index contributed by atoms with van der Waals surface area (Å²) in [6.07, 6.45) is 2.53. The Bertz CT molecular complexity index is 617. The van der Waals surface area contributed by atoms with E-state index in [1.807, 2.05) is 30.3 Å². The molecule has 0 bridgehead atoms. The molecule has 1 aromatic carbocycles. The largest absolute Gasteiger partial charge is 0.463 e. The maximum absolute atomic E-state index is 5.97. The minimum absolute atomic E-state index is 0.429. The second-order valence-electron chi connectivity index (χ2n) is 5.16. The highest BCUT2D eigenvalue weighted by Crippen LogP contribution is 2.15. The Morgan fingerprint density at radius 1 is 1.23 bits per heavy atom. The normalized spacial score (nSPS) is 14.9. The van der Waals surface area contributed by atoms with Gasteiger partial charge in [-0.1, -0.05) is 23.7 Å². The molecule has 0 unspecified atom stereocenters. The van der Waals surface area contributed by atoms with Crippen LogP contribution in [0, 0.1) is 0 Å². The fourth-order valence-corrected chi connectivity index (χ4v) is 2.64. The van der Waals surface area contributed by atoms with Crippen LogP contribution in [0.3, 0.4) is 0 Å². The first-order valence-electron chi connectivity index (χ1n) is 7.47. The van der Waals surface area contributed by atoms with Gasteiger partial charge in [-0.25, -0.2) is 4.98 Å². The van der Waals surface area contributed by atoms with E-state index in [0.717, 1.165) is 49.0 Å². The van der Waals surface area contributed by atoms with E-state index in [1.165, 1.54) is 0 Å². The molecule has 5 nitrogen and oxygen atoms in total. The van der Waals surface area contributed by atoms with Crippen molar-refractivity contribution in [1.82, 2.24) is 15.3 Å². The van der Waals surface area contributed by atoms with Crippen LogP contribution in [0.1, 0.15) is 5.56 Å². The zero-order valence-corrected chi connectivity index (χ0v) is 13.1. The Labute approximate surface area is 135 Å². The van der Waals surface area contributed by atoms with Crippen LogP contribution in [0.4, 0.5) is 5.82 Å². The molecular formula is C16H19ClN4O. The maximum atomic E-state index is 5.97. The first-order valence-corrected chi connectivity index (χ1v) is 7.85. The van der Waals surface area contributed by atoms with Crippen LogP contribution in [0.15, 0.2) is 36.5 Å². The van der Waals surface area contributed by atoms with Crippen molar-refractivity contribution >= 4 is 17.4 Å². The molecule has 0 atom stereocenters. The van der Waals surface area contributed by atoms with Crippen molar-refractivity contribution in [3.63, 3.8) is 0 Å². The van der Waals surface area contributed by atoms with Gasteiger partial charge in [0.25, 0.3) is 0 Å². The van der Waals surface area contributed by atoms with Crippen LogP contribution in [0.5, 0.6) is 6.01 Å². The summed E-state index contributed by atoms with van der Waals surface area (Å²) in [7, 11) is 0. The average Bonchev–Trinajstić information content (AvgIpc) is 2.56. The molecule has 1 aliphatic heterocycles. The van der Waals surface area contributed by atoms with E-state index in [1.54, 1.807) is 6.20 Å². The summed E-state index contributed by atoms with van der Waals surface area (Å²) < 4.78 is 5.67. The van der Waals surface area contributed by atoms with E-state index in [4.69, 9.17) is 16.3 Å². The lowest BCUT2D eigenvalue weighted by Crippen LogP contribution is -2.43. The molecule has 0 saturated carbocycles. The number of piperazine rings is 1. The SMILES string of the molecule is Clc1cccc(CCOc2nccc(N3CCNCC3)n2)c1. The van der Waals surface area contributed by atoms with E-state index >= 15 is 0 Å². The predicted octanol–water partition coefficient (Wildman–Crippen LogP) is 2.16. The van der Waals surface area contributed by atoms with Crippen LogP contribution in [-0.2, 0) is 6.42 Å². The summed E-state index contributed by atoms with van der Waals surface area (Å²) in [4.78, 5) is 10.9. The third-order valence-corrected chi connectivity index (χ3v) is 3.81. The zero-order chi connectivity index (χ0) is 15.2. The average molecular weight is 319 g/mol. The molecule has 0 amide bonds. The molecule has 1 N–H and O–H groups in total. The Hall–Kier alpha value is -1.85. The van der Waals surface area contributed by atoms with E-state index < -0.39 is 0 Å². The second-order valence-corrected chi connectivity index (χ2v) is 5.60. The molecule has 0 spiro atoms. The Balaban J connectivity index is 1.56. The number of hydrogen-bond acceptors (Lipinski definition) is 5. The van der Waals surface area contributed by atoms with Crippen molar-refractivity contribution in [3.8, 4) is 6.01 Å². The number of ether oxygens (including phenoxy) is 1. The van der Waals surface area contributed by atoms with Gasteiger partial charge >= 0.3 is 6.01 Å². The van der Waals surface area contributed by atoms with Gasteiger partial charge in [-0.15, -0.1) is 0 Å². The van der Waals surface area contributed by atoms with Crippen molar-refractivity contribution in [3.05, 3.63) is 47.1 Å². The molecule has 2 heterocycles. The van der Waals surface area contributed by atoms with Crippen LogP contribution in [0.2, 0.25) is 5.02 Å². The summed E-state index contributed by atoms with van der Waals surface area (Å²) in [5.74, 6) is 0.925. The Morgan fingerprint density at radius 2 is 2.09 bits per heavy atom.